The summed E-state index contributed by atoms with van der Waals surface area (Å²) >= 11 is 11.6. The van der Waals surface area contributed by atoms with Gasteiger partial charge in [0.25, 0.3) is 5.91 Å². The molecule has 0 saturated carbocycles. The summed E-state index contributed by atoms with van der Waals surface area (Å²) in [7, 11) is 0. The van der Waals surface area contributed by atoms with E-state index in [0.717, 1.165) is 0 Å². The molecule has 0 radical (unpaired) electrons. The molecule has 0 aliphatic heterocycles. The average Bonchev–Trinajstić information content (AvgIpc) is 2.49. The molecule has 22 heavy (non-hydrogen) atoms. The van der Waals surface area contributed by atoms with Gasteiger partial charge in [-0.3, -0.25) is 4.79 Å². The monoisotopic (exact) mass is 338 g/mol. The van der Waals surface area contributed by atoms with E-state index in [-0.39, 0.29) is 10.7 Å². The second-order valence-electron chi connectivity index (χ2n) is 4.39. The largest absolute Gasteiger partial charge is 0.449 e. The van der Waals surface area contributed by atoms with Crippen molar-refractivity contribution in [3.05, 3.63) is 58.3 Å². The average molecular weight is 339 g/mol. The highest BCUT2D eigenvalue weighted by Gasteiger charge is 2.20. The molecule has 0 aliphatic carbocycles. The van der Waals surface area contributed by atoms with Gasteiger partial charge in [-0.15, -0.1) is 0 Å². The van der Waals surface area contributed by atoms with Gasteiger partial charge < -0.3 is 10.1 Å². The summed E-state index contributed by atoms with van der Waals surface area (Å²) < 4.78 is 5.07. The van der Waals surface area contributed by atoms with E-state index >= 15 is 0 Å². The molecule has 5 nitrogen and oxygen atoms in total. The molecule has 1 unspecified atom stereocenters. The fraction of sp³-hybridized carbons (Fsp3) is 0.133. The zero-order valence-corrected chi connectivity index (χ0v) is 13.1. The number of esters is 1. The van der Waals surface area contributed by atoms with Crippen LogP contribution in [0.15, 0.2) is 42.6 Å². The third kappa shape index (κ3) is 4.19. The number of anilines is 1. The summed E-state index contributed by atoms with van der Waals surface area (Å²) in [5.41, 5.74) is 0.659. The van der Waals surface area contributed by atoms with Crippen LogP contribution in [0.1, 0.15) is 17.3 Å². The van der Waals surface area contributed by atoms with Gasteiger partial charge in [0.1, 0.15) is 5.15 Å². The van der Waals surface area contributed by atoms with Crippen LogP contribution in [0.2, 0.25) is 10.2 Å². The number of amides is 1. The van der Waals surface area contributed by atoms with Crippen LogP contribution in [0.3, 0.4) is 0 Å². The minimum Gasteiger partial charge on any atom is -0.449 e. The van der Waals surface area contributed by atoms with Crippen molar-refractivity contribution in [2.45, 2.75) is 13.0 Å². The Balaban J connectivity index is 1.98. The van der Waals surface area contributed by atoms with Gasteiger partial charge >= 0.3 is 5.97 Å². The van der Waals surface area contributed by atoms with E-state index in [1.165, 1.54) is 19.2 Å². The Bertz CT molecular complexity index is 689. The number of carbonyl (C=O) groups excluding carboxylic acids is 2. The summed E-state index contributed by atoms with van der Waals surface area (Å²) in [5.74, 6) is -1.17. The van der Waals surface area contributed by atoms with Gasteiger partial charge in [0.05, 0.1) is 5.56 Å². The lowest BCUT2D eigenvalue weighted by Gasteiger charge is -2.13. The van der Waals surface area contributed by atoms with Crippen molar-refractivity contribution in [3.8, 4) is 0 Å². The Labute approximate surface area is 137 Å². The highest BCUT2D eigenvalue weighted by molar-refractivity contribution is 6.32. The van der Waals surface area contributed by atoms with Crippen LogP contribution in [0.4, 0.5) is 5.69 Å². The molecule has 1 heterocycles. The smallest absolute Gasteiger partial charge is 0.342 e. The number of halogens is 2. The highest BCUT2D eigenvalue weighted by Crippen LogP contribution is 2.16. The number of ether oxygens (including phenoxy) is 1. The van der Waals surface area contributed by atoms with Gasteiger partial charge in [-0.1, -0.05) is 23.2 Å². The van der Waals surface area contributed by atoms with Gasteiger partial charge in [0.2, 0.25) is 0 Å². The first-order valence-electron chi connectivity index (χ1n) is 6.35. The Morgan fingerprint density at radius 3 is 2.50 bits per heavy atom. The van der Waals surface area contributed by atoms with E-state index in [1.54, 1.807) is 30.3 Å². The predicted molar refractivity (Wildman–Crippen MR) is 84.2 cm³/mol. The number of benzene rings is 1. The molecule has 1 aromatic heterocycles. The SMILES string of the molecule is CC(OC(=O)c1cccnc1Cl)C(=O)Nc1ccc(Cl)cc1. The molecule has 0 fully saturated rings. The summed E-state index contributed by atoms with van der Waals surface area (Å²) in [6, 6.07) is 9.61. The standard InChI is InChI=1S/C15H12Cl2N2O3/c1-9(14(20)19-11-6-4-10(16)5-7-11)22-15(21)12-3-2-8-18-13(12)17/h2-9H,1H3,(H,19,20). The van der Waals surface area contributed by atoms with Gasteiger partial charge in [0.15, 0.2) is 6.10 Å². The first kappa shape index (κ1) is 16.3. The van der Waals surface area contributed by atoms with Gasteiger partial charge in [-0.25, -0.2) is 9.78 Å². The number of hydrogen-bond donors (Lipinski definition) is 1. The molecular formula is C15H12Cl2N2O3. The summed E-state index contributed by atoms with van der Waals surface area (Å²) in [5, 5.41) is 3.20. The third-order valence-corrected chi connectivity index (χ3v) is 3.30. The number of pyridine rings is 1. The molecule has 1 amide bonds. The van der Waals surface area contributed by atoms with E-state index in [9.17, 15) is 9.59 Å². The maximum Gasteiger partial charge on any atom is 0.342 e. The Morgan fingerprint density at radius 2 is 1.86 bits per heavy atom. The molecule has 1 N–H and O–H groups in total. The van der Waals surface area contributed by atoms with Crippen LogP contribution in [0, 0.1) is 0 Å². The predicted octanol–water partition coefficient (Wildman–Crippen LogP) is 3.57. The van der Waals surface area contributed by atoms with Crippen LogP contribution < -0.4 is 5.32 Å². The molecule has 1 aromatic carbocycles. The topological polar surface area (TPSA) is 68.3 Å². The van der Waals surface area contributed by atoms with E-state index in [2.05, 4.69) is 10.3 Å². The minimum atomic E-state index is -0.987. The number of nitrogens with zero attached hydrogens (tertiary/aromatic N) is 1. The van der Waals surface area contributed by atoms with Crippen molar-refractivity contribution in [2.75, 3.05) is 5.32 Å². The molecule has 2 aromatic rings. The zero-order chi connectivity index (χ0) is 16.1. The van der Waals surface area contributed by atoms with Gasteiger partial charge in [-0.2, -0.15) is 0 Å². The van der Waals surface area contributed by atoms with Crippen molar-refractivity contribution in [1.82, 2.24) is 4.98 Å². The number of hydrogen-bond acceptors (Lipinski definition) is 4. The lowest BCUT2D eigenvalue weighted by molar-refractivity contribution is -0.123. The van der Waals surface area contributed by atoms with Gasteiger partial charge in [0, 0.05) is 16.9 Å². The number of aromatic nitrogens is 1. The zero-order valence-electron chi connectivity index (χ0n) is 11.5. The second kappa shape index (κ2) is 7.24. The van der Waals surface area contributed by atoms with Crippen molar-refractivity contribution in [2.24, 2.45) is 0 Å². The highest BCUT2D eigenvalue weighted by atomic mass is 35.5. The molecule has 0 aliphatic rings. The molecule has 0 bridgehead atoms. The quantitative estimate of drug-likeness (QED) is 0.683. The Hall–Kier alpha value is -2.11. The lowest BCUT2D eigenvalue weighted by atomic mass is 10.2. The first-order valence-corrected chi connectivity index (χ1v) is 7.11. The molecule has 114 valence electrons. The van der Waals surface area contributed by atoms with E-state index in [1.807, 2.05) is 0 Å². The Kier molecular flexibility index (Phi) is 5.35. The van der Waals surface area contributed by atoms with E-state index < -0.39 is 18.0 Å². The maximum atomic E-state index is 12.0. The second-order valence-corrected chi connectivity index (χ2v) is 5.18. The van der Waals surface area contributed by atoms with Crippen molar-refractivity contribution >= 4 is 40.8 Å². The normalized spacial score (nSPS) is 11.6. The summed E-state index contributed by atoms with van der Waals surface area (Å²) in [6.07, 6.45) is 0.468. The van der Waals surface area contributed by atoms with Crippen LogP contribution >= 0.6 is 23.2 Å². The van der Waals surface area contributed by atoms with Crippen LogP contribution in [0.5, 0.6) is 0 Å². The van der Waals surface area contributed by atoms with Crippen LogP contribution in [0.25, 0.3) is 0 Å². The summed E-state index contributed by atoms with van der Waals surface area (Å²) in [6.45, 7) is 1.47. The summed E-state index contributed by atoms with van der Waals surface area (Å²) in [4.78, 5) is 27.7. The Morgan fingerprint density at radius 1 is 1.18 bits per heavy atom. The van der Waals surface area contributed by atoms with E-state index in [0.29, 0.717) is 10.7 Å². The molecule has 0 saturated heterocycles. The molecule has 0 spiro atoms. The number of rotatable bonds is 4. The van der Waals surface area contributed by atoms with Crippen LogP contribution in [-0.4, -0.2) is 23.0 Å². The third-order valence-electron chi connectivity index (χ3n) is 2.74. The van der Waals surface area contributed by atoms with Crippen molar-refractivity contribution in [3.63, 3.8) is 0 Å². The fourth-order valence-electron chi connectivity index (χ4n) is 1.59. The lowest BCUT2D eigenvalue weighted by Crippen LogP contribution is -2.30. The molecular weight excluding hydrogens is 327 g/mol. The molecule has 1 atom stereocenters. The van der Waals surface area contributed by atoms with Crippen molar-refractivity contribution in [1.29, 1.82) is 0 Å². The molecule has 2 rings (SSSR count). The number of nitrogens with one attached hydrogen (secondary N) is 1. The van der Waals surface area contributed by atoms with Gasteiger partial charge in [-0.05, 0) is 43.3 Å². The maximum absolute atomic E-state index is 12.0. The first-order chi connectivity index (χ1) is 10.5. The fourth-order valence-corrected chi connectivity index (χ4v) is 1.92. The van der Waals surface area contributed by atoms with Crippen molar-refractivity contribution < 1.29 is 14.3 Å². The minimum absolute atomic E-state index is 0.0257. The van der Waals surface area contributed by atoms with Crippen LogP contribution in [-0.2, 0) is 9.53 Å². The number of carbonyl (C=O) groups is 2. The van der Waals surface area contributed by atoms with E-state index in [4.69, 9.17) is 27.9 Å². The molecule has 7 heteroatoms.